The molecule has 2 aromatic rings. The van der Waals surface area contributed by atoms with Crippen molar-refractivity contribution in [3.05, 3.63) is 29.1 Å². The number of ether oxygens (including phenoxy) is 1. The molecular weight excluding hydrogens is 260 g/mol. The maximum atomic E-state index is 12.2. The fourth-order valence-corrected chi connectivity index (χ4v) is 2.97. The Labute approximate surface area is 116 Å². The fourth-order valence-electron chi connectivity index (χ4n) is 1.95. The predicted octanol–water partition coefficient (Wildman–Crippen LogP) is 2.64. The van der Waals surface area contributed by atoms with Crippen molar-refractivity contribution in [2.24, 2.45) is 0 Å². The summed E-state index contributed by atoms with van der Waals surface area (Å²) < 4.78 is 6.11. The minimum atomic E-state index is -0.123. The molecule has 4 nitrogen and oxygen atoms in total. The van der Waals surface area contributed by atoms with E-state index in [1.165, 1.54) is 11.3 Å². The van der Waals surface area contributed by atoms with Gasteiger partial charge in [0, 0.05) is 17.2 Å². The van der Waals surface area contributed by atoms with Crippen molar-refractivity contribution in [1.29, 1.82) is 0 Å². The van der Waals surface area contributed by atoms with Crippen LogP contribution in [0.4, 0.5) is 5.69 Å². The zero-order valence-corrected chi connectivity index (χ0v) is 11.9. The number of methoxy groups -OCH3 is 1. The molecule has 0 aliphatic carbocycles. The number of nitrogen functional groups attached to an aromatic ring is 1. The van der Waals surface area contributed by atoms with Gasteiger partial charge < -0.3 is 15.8 Å². The topological polar surface area (TPSA) is 64.3 Å². The van der Waals surface area contributed by atoms with Gasteiger partial charge in [0.1, 0.15) is 4.88 Å². The van der Waals surface area contributed by atoms with E-state index in [0.29, 0.717) is 17.2 Å². The first-order valence-corrected chi connectivity index (χ1v) is 7.05. The highest BCUT2D eigenvalue weighted by Gasteiger charge is 2.18. The van der Waals surface area contributed by atoms with E-state index in [1.54, 1.807) is 7.11 Å². The van der Waals surface area contributed by atoms with Crippen LogP contribution in [0.1, 0.15) is 23.0 Å². The summed E-state index contributed by atoms with van der Waals surface area (Å²) in [5.41, 5.74) is 6.61. The van der Waals surface area contributed by atoms with E-state index in [-0.39, 0.29) is 11.9 Å². The lowest BCUT2D eigenvalue weighted by Gasteiger charge is -2.15. The van der Waals surface area contributed by atoms with Crippen LogP contribution >= 0.6 is 11.3 Å². The van der Waals surface area contributed by atoms with Gasteiger partial charge in [-0.2, -0.15) is 0 Å². The van der Waals surface area contributed by atoms with Gasteiger partial charge in [-0.05, 0) is 12.5 Å². The Balaban J connectivity index is 2.24. The van der Waals surface area contributed by atoms with Crippen LogP contribution in [0.15, 0.2) is 24.3 Å². The van der Waals surface area contributed by atoms with Gasteiger partial charge in [0.2, 0.25) is 0 Å². The minimum absolute atomic E-state index is 0.0158. The first-order valence-electron chi connectivity index (χ1n) is 6.24. The molecule has 0 saturated carbocycles. The number of anilines is 1. The highest BCUT2D eigenvalue weighted by Crippen LogP contribution is 2.33. The molecule has 3 N–H and O–H groups in total. The van der Waals surface area contributed by atoms with Crippen molar-refractivity contribution in [3.8, 4) is 0 Å². The number of carbonyl (C=O) groups is 1. The molecule has 0 radical (unpaired) electrons. The summed E-state index contributed by atoms with van der Waals surface area (Å²) in [6, 6.07) is 7.79. The van der Waals surface area contributed by atoms with Crippen LogP contribution in [0.2, 0.25) is 0 Å². The van der Waals surface area contributed by atoms with Crippen molar-refractivity contribution in [3.63, 3.8) is 0 Å². The summed E-state index contributed by atoms with van der Waals surface area (Å²) in [6.45, 7) is 2.52. The molecule has 0 aliphatic rings. The third-order valence-corrected chi connectivity index (χ3v) is 4.22. The number of benzene rings is 1. The van der Waals surface area contributed by atoms with E-state index < -0.39 is 0 Å². The maximum absolute atomic E-state index is 12.2. The average Bonchev–Trinajstić information content (AvgIpc) is 2.76. The van der Waals surface area contributed by atoms with Crippen molar-refractivity contribution in [2.45, 2.75) is 19.4 Å². The molecule has 102 valence electrons. The number of fused-ring (bicyclic) bond motifs is 1. The number of rotatable bonds is 5. The number of nitrogens with one attached hydrogen (secondary N) is 1. The van der Waals surface area contributed by atoms with Gasteiger partial charge in [-0.15, -0.1) is 11.3 Å². The van der Waals surface area contributed by atoms with Crippen molar-refractivity contribution in [2.75, 3.05) is 19.5 Å². The third kappa shape index (κ3) is 2.88. The molecule has 5 heteroatoms. The van der Waals surface area contributed by atoms with Gasteiger partial charge >= 0.3 is 0 Å². The monoisotopic (exact) mass is 278 g/mol. The SMILES string of the molecule is CCC(COC)NC(=O)c1sc2ccccc2c1N. The van der Waals surface area contributed by atoms with E-state index in [1.807, 2.05) is 31.2 Å². The van der Waals surface area contributed by atoms with Gasteiger partial charge in [0.05, 0.1) is 18.3 Å². The smallest absolute Gasteiger partial charge is 0.263 e. The summed E-state index contributed by atoms with van der Waals surface area (Å²) in [7, 11) is 1.63. The Morgan fingerprint density at radius 3 is 2.84 bits per heavy atom. The standard InChI is InChI=1S/C14H18N2O2S/c1-3-9(8-18-2)16-14(17)13-12(15)10-6-4-5-7-11(10)19-13/h4-7,9H,3,8,15H2,1-2H3,(H,16,17). The lowest BCUT2D eigenvalue weighted by Crippen LogP contribution is -2.37. The normalized spacial score (nSPS) is 12.5. The number of hydrogen-bond donors (Lipinski definition) is 2. The molecule has 1 heterocycles. The summed E-state index contributed by atoms with van der Waals surface area (Å²) >= 11 is 1.42. The lowest BCUT2D eigenvalue weighted by molar-refractivity contribution is 0.0899. The molecule has 1 aromatic carbocycles. The number of carbonyl (C=O) groups excluding carboxylic acids is 1. The van der Waals surface area contributed by atoms with Crippen LogP contribution in [0, 0.1) is 0 Å². The Bertz CT molecular complexity index is 580. The van der Waals surface area contributed by atoms with Crippen LogP contribution in [-0.4, -0.2) is 25.7 Å². The predicted molar refractivity (Wildman–Crippen MR) is 79.7 cm³/mol. The Morgan fingerprint density at radius 2 is 2.21 bits per heavy atom. The summed E-state index contributed by atoms with van der Waals surface area (Å²) in [5, 5.41) is 3.89. The second-order valence-electron chi connectivity index (χ2n) is 4.37. The maximum Gasteiger partial charge on any atom is 0.263 e. The largest absolute Gasteiger partial charge is 0.397 e. The summed E-state index contributed by atoms with van der Waals surface area (Å²) in [6.07, 6.45) is 0.824. The highest BCUT2D eigenvalue weighted by molar-refractivity contribution is 7.21. The molecule has 0 aliphatic heterocycles. The number of thiophene rings is 1. The molecular formula is C14H18N2O2S. The van der Waals surface area contributed by atoms with Gasteiger partial charge in [-0.1, -0.05) is 25.1 Å². The molecule has 0 fully saturated rings. The second kappa shape index (κ2) is 6.04. The second-order valence-corrected chi connectivity index (χ2v) is 5.43. The van der Waals surface area contributed by atoms with E-state index in [4.69, 9.17) is 10.5 Å². The number of amides is 1. The van der Waals surface area contributed by atoms with Crippen LogP contribution in [-0.2, 0) is 4.74 Å². The van der Waals surface area contributed by atoms with Crippen LogP contribution in [0.3, 0.4) is 0 Å². The fraction of sp³-hybridized carbons (Fsp3) is 0.357. The minimum Gasteiger partial charge on any atom is -0.397 e. The van der Waals surface area contributed by atoms with Crippen LogP contribution in [0.5, 0.6) is 0 Å². The first-order chi connectivity index (χ1) is 9.17. The molecule has 0 spiro atoms. The van der Waals surface area contributed by atoms with Gasteiger partial charge in [-0.3, -0.25) is 4.79 Å². The Morgan fingerprint density at radius 1 is 1.47 bits per heavy atom. The lowest BCUT2D eigenvalue weighted by atomic mass is 10.2. The first kappa shape index (κ1) is 13.8. The molecule has 1 aromatic heterocycles. The molecule has 1 amide bonds. The van der Waals surface area contributed by atoms with E-state index in [0.717, 1.165) is 16.5 Å². The average molecular weight is 278 g/mol. The highest BCUT2D eigenvalue weighted by atomic mass is 32.1. The quantitative estimate of drug-likeness (QED) is 0.883. The molecule has 0 saturated heterocycles. The van der Waals surface area contributed by atoms with Gasteiger partial charge in [-0.25, -0.2) is 0 Å². The zero-order chi connectivity index (χ0) is 13.8. The van der Waals surface area contributed by atoms with Gasteiger partial charge in [0.25, 0.3) is 5.91 Å². The molecule has 1 atom stereocenters. The third-order valence-electron chi connectivity index (χ3n) is 3.04. The van der Waals surface area contributed by atoms with Crippen molar-refractivity contribution < 1.29 is 9.53 Å². The number of nitrogens with two attached hydrogens (primary N) is 1. The molecule has 0 bridgehead atoms. The number of hydrogen-bond acceptors (Lipinski definition) is 4. The van der Waals surface area contributed by atoms with Gasteiger partial charge in [0.15, 0.2) is 0 Å². The molecule has 1 unspecified atom stereocenters. The summed E-state index contributed by atoms with van der Waals surface area (Å²) in [5.74, 6) is -0.123. The molecule has 2 rings (SSSR count). The van der Waals surface area contributed by atoms with E-state index >= 15 is 0 Å². The van der Waals surface area contributed by atoms with Crippen molar-refractivity contribution >= 4 is 33.0 Å². The van der Waals surface area contributed by atoms with Crippen LogP contribution < -0.4 is 11.1 Å². The zero-order valence-electron chi connectivity index (χ0n) is 11.1. The van der Waals surface area contributed by atoms with Crippen LogP contribution in [0.25, 0.3) is 10.1 Å². The molecule has 19 heavy (non-hydrogen) atoms. The van der Waals surface area contributed by atoms with E-state index in [2.05, 4.69) is 5.32 Å². The van der Waals surface area contributed by atoms with Crippen molar-refractivity contribution in [1.82, 2.24) is 5.32 Å². The Hall–Kier alpha value is -1.59. The summed E-state index contributed by atoms with van der Waals surface area (Å²) in [4.78, 5) is 12.8. The van der Waals surface area contributed by atoms with E-state index in [9.17, 15) is 4.79 Å². The Kier molecular flexibility index (Phi) is 4.39.